The Morgan fingerprint density at radius 1 is 1.27 bits per heavy atom. The molecule has 0 aliphatic carbocycles. The molecule has 0 aromatic rings. The van der Waals surface area contributed by atoms with Crippen molar-refractivity contribution in [3.8, 4) is 0 Å². The van der Waals surface area contributed by atoms with Crippen molar-refractivity contribution in [3.05, 3.63) is 0 Å². The highest BCUT2D eigenvalue weighted by Gasteiger charge is 2.19. The number of nitrogens with one attached hydrogen (secondary N) is 2. The van der Waals surface area contributed by atoms with Gasteiger partial charge in [-0.2, -0.15) is 0 Å². The molecule has 0 saturated carbocycles. The lowest BCUT2D eigenvalue weighted by atomic mass is 10.1. The van der Waals surface area contributed by atoms with Crippen LogP contribution in [-0.4, -0.2) is 75.6 Å². The molecule has 1 saturated heterocycles. The van der Waals surface area contributed by atoms with Crippen molar-refractivity contribution < 1.29 is 9.47 Å². The molecule has 5 heteroatoms. The molecular weight excluding hydrogens is 278 g/mol. The van der Waals surface area contributed by atoms with Gasteiger partial charge < -0.3 is 20.1 Å². The minimum Gasteiger partial charge on any atom is -0.379 e. The molecule has 1 atom stereocenters. The molecule has 0 bridgehead atoms. The standard InChI is InChI=1S/C17H37N3O2/c1-15(2)12-18-13-16-14-20(8-11-22-16)7-10-21-9-6-19-17(3,4)5/h15-16,18-19H,6-14H2,1-5H3. The van der Waals surface area contributed by atoms with E-state index in [1.807, 2.05) is 0 Å². The number of hydrogen-bond donors (Lipinski definition) is 2. The van der Waals surface area contributed by atoms with Crippen LogP contribution in [0.5, 0.6) is 0 Å². The van der Waals surface area contributed by atoms with E-state index in [1.165, 1.54) is 0 Å². The quantitative estimate of drug-likeness (QED) is 0.596. The largest absolute Gasteiger partial charge is 0.379 e. The number of nitrogens with zero attached hydrogens (tertiary/aromatic N) is 1. The van der Waals surface area contributed by atoms with E-state index < -0.39 is 0 Å². The summed E-state index contributed by atoms with van der Waals surface area (Å²) in [7, 11) is 0. The van der Waals surface area contributed by atoms with E-state index >= 15 is 0 Å². The minimum atomic E-state index is 0.170. The van der Waals surface area contributed by atoms with Gasteiger partial charge in [0.25, 0.3) is 0 Å². The zero-order chi connectivity index (χ0) is 16.4. The summed E-state index contributed by atoms with van der Waals surface area (Å²) in [6, 6.07) is 0. The lowest BCUT2D eigenvalue weighted by Crippen LogP contribution is -2.48. The van der Waals surface area contributed by atoms with Gasteiger partial charge in [0.15, 0.2) is 0 Å². The molecule has 0 spiro atoms. The fourth-order valence-corrected chi connectivity index (χ4v) is 2.43. The second-order valence-corrected chi connectivity index (χ2v) is 7.63. The molecule has 1 heterocycles. The molecule has 0 aromatic carbocycles. The van der Waals surface area contributed by atoms with E-state index in [0.717, 1.165) is 59.1 Å². The Morgan fingerprint density at radius 3 is 2.73 bits per heavy atom. The highest BCUT2D eigenvalue weighted by Crippen LogP contribution is 2.04. The molecule has 132 valence electrons. The first-order valence-corrected chi connectivity index (χ1v) is 8.74. The summed E-state index contributed by atoms with van der Waals surface area (Å²) in [5.74, 6) is 0.690. The molecule has 5 nitrogen and oxygen atoms in total. The zero-order valence-electron chi connectivity index (χ0n) is 15.3. The van der Waals surface area contributed by atoms with E-state index in [4.69, 9.17) is 9.47 Å². The second kappa shape index (κ2) is 10.6. The lowest BCUT2D eigenvalue weighted by molar-refractivity contribution is -0.0349. The Balaban J connectivity index is 2.03. The Hall–Kier alpha value is -0.200. The third-order valence-corrected chi connectivity index (χ3v) is 3.60. The van der Waals surface area contributed by atoms with Gasteiger partial charge in [-0.3, -0.25) is 4.90 Å². The first-order chi connectivity index (χ1) is 10.4. The summed E-state index contributed by atoms with van der Waals surface area (Å²) in [4.78, 5) is 2.45. The molecule has 0 aromatic heterocycles. The van der Waals surface area contributed by atoms with Gasteiger partial charge in [-0.15, -0.1) is 0 Å². The van der Waals surface area contributed by atoms with Crippen molar-refractivity contribution in [2.24, 2.45) is 5.92 Å². The smallest absolute Gasteiger partial charge is 0.0826 e. The fourth-order valence-electron chi connectivity index (χ4n) is 2.43. The molecule has 1 fully saturated rings. The average molecular weight is 316 g/mol. The minimum absolute atomic E-state index is 0.170. The summed E-state index contributed by atoms with van der Waals surface area (Å²) in [6.45, 7) is 19.3. The van der Waals surface area contributed by atoms with Gasteiger partial charge in [-0.05, 0) is 33.2 Å². The summed E-state index contributed by atoms with van der Waals surface area (Å²) in [5.41, 5.74) is 0.170. The number of morpholine rings is 1. The van der Waals surface area contributed by atoms with Gasteiger partial charge in [-0.1, -0.05) is 13.8 Å². The summed E-state index contributed by atoms with van der Waals surface area (Å²) >= 11 is 0. The maximum Gasteiger partial charge on any atom is 0.0826 e. The summed E-state index contributed by atoms with van der Waals surface area (Å²) in [5, 5.41) is 6.91. The topological polar surface area (TPSA) is 45.8 Å². The van der Waals surface area contributed by atoms with Gasteiger partial charge in [-0.25, -0.2) is 0 Å². The maximum absolute atomic E-state index is 5.82. The van der Waals surface area contributed by atoms with E-state index in [0.29, 0.717) is 12.0 Å². The van der Waals surface area contributed by atoms with Crippen molar-refractivity contribution in [3.63, 3.8) is 0 Å². The third-order valence-electron chi connectivity index (χ3n) is 3.60. The molecule has 1 unspecified atom stereocenters. The van der Waals surface area contributed by atoms with E-state index in [-0.39, 0.29) is 5.54 Å². The first-order valence-electron chi connectivity index (χ1n) is 8.74. The molecule has 1 rings (SSSR count). The van der Waals surface area contributed by atoms with Crippen LogP contribution in [0.1, 0.15) is 34.6 Å². The van der Waals surface area contributed by atoms with Crippen LogP contribution in [0.25, 0.3) is 0 Å². The predicted octanol–water partition coefficient (Wildman–Crippen LogP) is 1.34. The zero-order valence-corrected chi connectivity index (χ0v) is 15.3. The van der Waals surface area contributed by atoms with Crippen molar-refractivity contribution in [1.29, 1.82) is 0 Å². The van der Waals surface area contributed by atoms with E-state index in [2.05, 4.69) is 50.2 Å². The average Bonchev–Trinajstić information content (AvgIpc) is 2.41. The molecule has 22 heavy (non-hydrogen) atoms. The van der Waals surface area contributed by atoms with Crippen molar-refractivity contribution in [2.45, 2.75) is 46.3 Å². The Bertz CT molecular complexity index is 280. The Labute approximate surface area is 137 Å². The normalized spacial score (nSPS) is 20.7. The Morgan fingerprint density at radius 2 is 2.05 bits per heavy atom. The van der Waals surface area contributed by atoms with Crippen LogP contribution in [0.4, 0.5) is 0 Å². The number of hydrogen-bond acceptors (Lipinski definition) is 5. The molecule has 0 radical (unpaired) electrons. The van der Waals surface area contributed by atoms with Crippen LogP contribution < -0.4 is 10.6 Å². The first kappa shape index (κ1) is 19.8. The third kappa shape index (κ3) is 10.5. The number of ether oxygens (including phenoxy) is 2. The highest BCUT2D eigenvalue weighted by atomic mass is 16.5. The molecule has 1 aliphatic heterocycles. The SMILES string of the molecule is CC(C)CNCC1CN(CCOCCNC(C)(C)C)CCO1. The van der Waals surface area contributed by atoms with Crippen LogP contribution in [-0.2, 0) is 9.47 Å². The highest BCUT2D eigenvalue weighted by molar-refractivity contribution is 4.74. The molecule has 0 amide bonds. The monoisotopic (exact) mass is 315 g/mol. The molecule has 2 N–H and O–H groups in total. The van der Waals surface area contributed by atoms with Gasteiger partial charge in [0.05, 0.1) is 25.9 Å². The van der Waals surface area contributed by atoms with Crippen molar-refractivity contribution in [1.82, 2.24) is 15.5 Å². The summed E-state index contributed by atoms with van der Waals surface area (Å²) in [6.07, 6.45) is 0.315. The van der Waals surface area contributed by atoms with Crippen molar-refractivity contribution >= 4 is 0 Å². The number of rotatable bonds is 10. The molecule has 1 aliphatic rings. The summed E-state index contributed by atoms with van der Waals surface area (Å²) < 4.78 is 11.5. The van der Waals surface area contributed by atoms with Gasteiger partial charge in [0, 0.05) is 38.3 Å². The van der Waals surface area contributed by atoms with E-state index in [1.54, 1.807) is 0 Å². The van der Waals surface area contributed by atoms with Crippen LogP contribution >= 0.6 is 0 Å². The van der Waals surface area contributed by atoms with Crippen LogP contribution in [0.15, 0.2) is 0 Å². The van der Waals surface area contributed by atoms with Crippen LogP contribution in [0.3, 0.4) is 0 Å². The van der Waals surface area contributed by atoms with Crippen LogP contribution in [0.2, 0.25) is 0 Å². The van der Waals surface area contributed by atoms with Crippen LogP contribution in [0, 0.1) is 5.92 Å². The van der Waals surface area contributed by atoms with Gasteiger partial charge in [0.2, 0.25) is 0 Å². The fraction of sp³-hybridized carbons (Fsp3) is 1.00. The van der Waals surface area contributed by atoms with Gasteiger partial charge in [0.1, 0.15) is 0 Å². The van der Waals surface area contributed by atoms with Gasteiger partial charge >= 0.3 is 0 Å². The van der Waals surface area contributed by atoms with E-state index in [9.17, 15) is 0 Å². The second-order valence-electron chi connectivity index (χ2n) is 7.63. The van der Waals surface area contributed by atoms with Crippen molar-refractivity contribution in [2.75, 3.05) is 59.1 Å². The predicted molar refractivity (Wildman–Crippen MR) is 92.5 cm³/mol. The maximum atomic E-state index is 5.82. The lowest BCUT2D eigenvalue weighted by Gasteiger charge is -2.33. The Kier molecular flexibility index (Phi) is 9.52. The molecular formula is C17H37N3O2.